The summed E-state index contributed by atoms with van der Waals surface area (Å²) in [7, 11) is 0. The number of imidazole rings is 1. The molecule has 1 aliphatic rings. The summed E-state index contributed by atoms with van der Waals surface area (Å²) in [6.07, 6.45) is 4.77. The molecule has 74 heavy (non-hydrogen) atoms. The van der Waals surface area contributed by atoms with Crippen LogP contribution < -0.4 is 49.1 Å². The van der Waals surface area contributed by atoms with Gasteiger partial charge in [-0.15, -0.1) is 0 Å². The number of hydrogen-bond donors (Lipinski definition) is 12. The largest absolute Gasteiger partial charge is 0.508 e. The van der Waals surface area contributed by atoms with Gasteiger partial charge in [-0.3, -0.25) is 38.6 Å². The molecule has 1 aliphatic heterocycles. The second-order valence-electron chi connectivity index (χ2n) is 19.7. The number of carbonyl (C=O) groups is 8. The summed E-state index contributed by atoms with van der Waals surface area (Å²) in [5.74, 6) is -7.44. The van der Waals surface area contributed by atoms with Gasteiger partial charge in [0.25, 0.3) is 0 Å². The van der Waals surface area contributed by atoms with E-state index in [9.17, 15) is 48.6 Å². The number of hydrogen-bond acceptors (Lipinski definition) is 12. The van der Waals surface area contributed by atoms with Crippen LogP contribution in [0, 0.1) is 11.8 Å². The van der Waals surface area contributed by atoms with Gasteiger partial charge in [-0.1, -0.05) is 76.6 Å². The lowest BCUT2D eigenvalue weighted by atomic mass is 9.95. The van der Waals surface area contributed by atoms with Gasteiger partial charge in [0, 0.05) is 44.2 Å². The maximum atomic E-state index is 14.7. The van der Waals surface area contributed by atoms with Gasteiger partial charge in [-0.05, 0) is 81.0 Å². The van der Waals surface area contributed by atoms with E-state index in [0.29, 0.717) is 36.1 Å². The number of piperidine rings is 1. The van der Waals surface area contributed by atoms with E-state index in [1.807, 2.05) is 0 Å². The van der Waals surface area contributed by atoms with Crippen molar-refractivity contribution in [3.63, 3.8) is 0 Å². The van der Waals surface area contributed by atoms with Crippen molar-refractivity contribution in [1.82, 2.24) is 46.8 Å². The van der Waals surface area contributed by atoms with Crippen molar-refractivity contribution in [3.05, 3.63) is 83.9 Å². The molecule has 4 rings (SSSR count). The van der Waals surface area contributed by atoms with Gasteiger partial charge in [-0.2, -0.15) is 0 Å². The molecule has 0 bridgehead atoms. The van der Waals surface area contributed by atoms with E-state index in [-0.39, 0.29) is 63.3 Å². The topological polar surface area (TPSA) is 372 Å². The number of amides is 7. The number of nitrogens with one attached hydrogen (secondary N) is 7. The van der Waals surface area contributed by atoms with Gasteiger partial charge in [0.1, 0.15) is 48.0 Å². The lowest BCUT2D eigenvalue weighted by Crippen LogP contribution is -2.63. The number of rotatable bonds is 27. The smallest absolute Gasteiger partial charge is 0.326 e. The maximum absolute atomic E-state index is 14.7. The minimum absolute atomic E-state index is 0.0114. The number of H-pyrrole nitrogens is 1. The fourth-order valence-electron chi connectivity index (χ4n) is 8.26. The summed E-state index contributed by atoms with van der Waals surface area (Å²) >= 11 is 0. The van der Waals surface area contributed by atoms with E-state index >= 15 is 0 Å². The summed E-state index contributed by atoms with van der Waals surface area (Å²) in [6.45, 7) is 10.1. The van der Waals surface area contributed by atoms with E-state index in [1.54, 1.807) is 70.2 Å². The number of guanidine groups is 1. The number of nitrogens with zero attached hydrogens (tertiary/aromatic N) is 3. The summed E-state index contributed by atoms with van der Waals surface area (Å²) in [4.78, 5) is 124. The minimum atomic E-state index is -1.37. The number of benzene rings is 2. The molecule has 1 saturated heterocycles. The number of aromatic hydroxyl groups is 1. The molecule has 23 heteroatoms. The molecule has 0 spiro atoms. The molecule has 0 saturated carbocycles. The van der Waals surface area contributed by atoms with Gasteiger partial charge in [-0.25, -0.2) is 9.78 Å². The molecule has 23 nitrogen and oxygen atoms in total. The number of aliphatic imine (C=N–C) groups is 1. The zero-order valence-corrected chi connectivity index (χ0v) is 43.1. The number of phenols is 1. The number of aromatic amines is 1. The van der Waals surface area contributed by atoms with Crippen molar-refractivity contribution in [3.8, 4) is 5.75 Å². The van der Waals surface area contributed by atoms with Crippen molar-refractivity contribution in [2.24, 2.45) is 34.0 Å². The number of phenolic OH excluding ortho intramolecular Hbond substituents is 1. The zero-order valence-electron chi connectivity index (χ0n) is 43.1. The van der Waals surface area contributed by atoms with Crippen LogP contribution in [0.25, 0.3) is 0 Å². The lowest BCUT2D eigenvalue weighted by Gasteiger charge is -2.38. The van der Waals surface area contributed by atoms with Crippen molar-refractivity contribution >= 4 is 53.3 Å². The second kappa shape index (κ2) is 28.0. The molecule has 2 aromatic carbocycles. The zero-order chi connectivity index (χ0) is 54.7. The fourth-order valence-corrected chi connectivity index (χ4v) is 8.26. The molecule has 7 amide bonds. The van der Waals surface area contributed by atoms with Crippen molar-refractivity contribution in [1.29, 1.82) is 0 Å². The van der Waals surface area contributed by atoms with Gasteiger partial charge in [0.2, 0.25) is 41.4 Å². The average molecular weight is 1030 g/mol. The van der Waals surface area contributed by atoms with E-state index in [2.05, 4.69) is 46.9 Å². The normalized spacial score (nSPS) is 16.4. The SMILES string of the molecule is CC[C@H](C)[C@H](NC(=O)[C@H](Cc1ccc(O)cc1)NC(=O)[C@@H](NC(=O)[C@H](CCCN=C(N)N)NC(=O)C(C)(C)N)C(C)C)C(=O)N[C@@H](Cc1cnc[nH]1)C(=O)N1CCCC[C@@H]1C(=O)N[C@@H](Cc1ccccc1)C(=O)O. The Morgan fingerprint density at radius 2 is 1.38 bits per heavy atom. The third kappa shape index (κ3) is 18.2. The van der Waals surface area contributed by atoms with Crippen molar-refractivity contribution < 1.29 is 48.6 Å². The third-order valence-electron chi connectivity index (χ3n) is 12.8. The van der Waals surface area contributed by atoms with Crippen LogP contribution in [0.5, 0.6) is 5.75 Å². The number of carbonyl (C=O) groups excluding carboxylic acids is 7. The summed E-state index contributed by atoms with van der Waals surface area (Å²) in [5.41, 5.74) is 17.3. The van der Waals surface area contributed by atoms with Crippen LogP contribution in [0.1, 0.15) is 96.9 Å². The molecule has 0 aliphatic carbocycles. The van der Waals surface area contributed by atoms with Crippen LogP contribution in [0.15, 0.2) is 72.1 Å². The molecule has 8 atom stereocenters. The number of carboxylic acids is 1. The highest BCUT2D eigenvalue weighted by atomic mass is 16.4. The van der Waals surface area contributed by atoms with E-state index in [4.69, 9.17) is 17.2 Å². The van der Waals surface area contributed by atoms with Crippen LogP contribution in [0.3, 0.4) is 0 Å². The van der Waals surface area contributed by atoms with Gasteiger partial charge < -0.3 is 69.2 Å². The molecule has 1 aromatic heterocycles. The Balaban J connectivity index is 1.61. The molecule has 0 unspecified atom stereocenters. The van der Waals surface area contributed by atoms with E-state index in [0.717, 1.165) is 0 Å². The van der Waals surface area contributed by atoms with Crippen molar-refractivity contribution in [2.75, 3.05) is 13.1 Å². The Morgan fingerprint density at radius 1 is 0.770 bits per heavy atom. The average Bonchev–Trinajstić information content (AvgIpc) is 3.88. The lowest BCUT2D eigenvalue weighted by molar-refractivity contribution is -0.147. The molecule has 404 valence electrons. The van der Waals surface area contributed by atoms with Crippen LogP contribution >= 0.6 is 0 Å². The number of carboxylic acid groups (broad SMARTS) is 1. The highest BCUT2D eigenvalue weighted by molar-refractivity contribution is 5.98. The van der Waals surface area contributed by atoms with Crippen molar-refractivity contribution in [2.45, 2.75) is 147 Å². The predicted octanol–water partition coefficient (Wildman–Crippen LogP) is 0.0107. The summed E-state index contributed by atoms with van der Waals surface area (Å²) in [5, 5.41) is 36.5. The Bertz CT molecular complexity index is 2390. The molecular weight excluding hydrogens is 955 g/mol. The quantitative estimate of drug-likeness (QED) is 0.0272. The predicted molar refractivity (Wildman–Crippen MR) is 275 cm³/mol. The molecular formula is C51H75N13O10. The standard InChI is InChI=1S/C51H75N13O10/c1-7-30(4)41(46(70)59-37(26-33-27-55-28-57-33)47(71)64-23-12-11-17-39(64)44(68)60-38(48(72)73)25-31-14-9-8-10-15-31)63-43(67)36(24-32-18-20-34(65)21-19-32)58-45(69)40(29(2)3)62-42(66)35(16-13-22-56-50(52)53)61-49(74)51(5,6)54/h8-10,14-15,18-21,27-30,35-41,65H,7,11-13,16-17,22-26,54H2,1-6H3,(H,55,57)(H,58,69)(H,59,70)(H,60,68)(H,61,74)(H,62,66)(H,63,67)(H,72,73)(H4,52,53,56)/t30-,35-,36-,37-,38-,39+,40-,41-/m0/s1. The van der Waals surface area contributed by atoms with Crippen LogP contribution in [-0.4, -0.2) is 139 Å². The van der Waals surface area contributed by atoms with Gasteiger partial charge in [0.05, 0.1) is 11.9 Å². The number of nitrogens with two attached hydrogens (primary N) is 3. The molecule has 0 radical (unpaired) electrons. The molecule has 15 N–H and O–H groups in total. The Labute approximate surface area is 431 Å². The van der Waals surface area contributed by atoms with E-state index in [1.165, 1.54) is 43.4 Å². The van der Waals surface area contributed by atoms with Crippen LogP contribution in [0.2, 0.25) is 0 Å². The monoisotopic (exact) mass is 1030 g/mol. The first-order valence-electron chi connectivity index (χ1n) is 25.0. The highest BCUT2D eigenvalue weighted by Gasteiger charge is 2.40. The first kappa shape index (κ1) is 59.0. The minimum Gasteiger partial charge on any atom is -0.508 e. The number of likely N-dealkylation sites (tertiary alicyclic amines) is 1. The van der Waals surface area contributed by atoms with Crippen LogP contribution in [-0.2, 0) is 57.6 Å². The van der Waals surface area contributed by atoms with Crippen LogP contribution in [0.4, 0.5) is 0 Å². The van der Waals surface area contributed by atoms with E-state index < -0.39 is 107 Å². The Morgan fingerprint density at radius 3 is 1.97 bits per heavy atom. The number of aliphatic carboxylic acids is 1. The molecule has 2 heterocycles. The van der Waals surface area contributed by atoms with Gasteiger partial charge in [0.15, 0.2) is 5.96 Å². The van der Waals surface area contributed by atoms with Gasteiger partial charge >= 0.3 is 5.97 Å². The first-order valence-corrected chi connectivity index (χ1v) is 25.0. The third-order valence-corrected chi connectivity index (χ3v) is 12.8. The summed E-state index contributed by atoms with van der Waals surface area (Å²) in [6, 6.07) is 6.06. The molecule has 1 fully saturated rings. The number of aromatic nitrogens is 2. The Kier molecular flexibility index (Phi) is 22.4. The first-order chi connectivity index (χ1) is 35.0. The Hall–Kier alpha value is -7.56. The summed E-state index contributed by atoms with van der Waals surface area (Å²) < 4.78 is 0. The maximum Gasteiger partial charge on any atom is 0.326 e. The highest BCUT2D eigenvalue weighted by Crippen LogP contribution is 2.21. The fraction of sp³-hybridized carbons (Fsp3) is 0.529. The second-order valence-corrected chi connectivity index (χ2v) is 19.7. The molecule has 3 aromatic rings.